The SMILES string of the molecule is Cc1ccc(NC(=O)N2C3CCCC2C3)cc1-c1cn2cccc2cn1. The minimum atomic E-state index is 0.0366. The fourth-order valence-corrected chi connectivity index (χ4v) is 4.37. The van der Waals surface area contributed by atoms with Crippen LogP contribution in [0.4, 0.5) is 10.5 Å². The van der Waals surface area contributed by atoms with Crippen molar-refractivity contribution in [2.45, 2.75) is 44.7 Å². The van der Waals surface area contributed by atoms with E-state index in [9.17, 15) is 4.79 Å². The summed E-state index contributed by atoms with van der Waals surface area (Å²) in [6, 6.07) is 11.0. The molecule has 2 atom stereocenters. The van der Waals surface area contributed by atoms with Crippen molar-refractivity contribution in [2.24, 2.45) is 0 Å². The van der Waals surface area contributed by atoms with Gasteiger partial charge in [-0.3, -0.25) is 4.98 Å². The highest BCUT2D eigenvalue weighted by molar-refractivity contribution is 5.91. The molecule has 5 rings (SSSR count). The molecule has 0 spiro atoms. The Kier molecular flexibility index (Phi) is 3.48. The van der Waals surface area contributed by atoms with Gasteiger partial charge >= 0.3 is 6.03 Å². The lowest BCUT2D eigenvalue weighted by atomic mass is 9.80. The molecule has 1 N–H and O–H groups in total. The monoisotopic (exact) mass is 346 g/mol. The van der Waals surface area contributed by atoms with E-state index in [-0.39, 0.29) is 6.03 Å². The number of urea groups is 1. The number of benzene rings is 1. The predicted molar refractivity (Wildman–Crippen MR) is 102 cm³/mol. The zero-order valence-corrected chi connectivity index (χ0v) is 14.9. The van der Waals surface area contributed by atoms with Crippen LogP contribution in [0.25, 0.3) is 16.8 Å². The lowest BCUT2D eigenvalue weighted by molar-refractivity contribution is 0.0173. The summed E-state index contributed by atoms with van der Waals surface area (Å²) in [6.45, 7) is 2.07. The van der Waals surface area contributed by atoms with Crippen molar-refractivity contribution >= 4 is 17.2 Å². The number of hydrogen-bond acceptors (Lipinski definition) is 2. The zero-order valence-electron chi connectivity index (χ0n) is 14.9. The van der Waals surface area contributed by atoms with E-state index in [0.717, 1.165) is 40.9 Å². The third-order valence-corrected chi connectivity index (χ3v) is 5.81. The van der Waals surface area contributed by atoms with Gasteiger partial charge in [0.05, 0.1) is 17.4 Å². The van der Waals surface area contributed by atoms with Crippen LogP contribution in [0.2, 0.25) is 0 Å². The number of carbonyl (C=O) groups is 1. The third-order valence-electron chi connectivity index (χ3n) is 5.81. The van der Waals surface area contributed by atoms with Crippen LogP contribution in [0.1, 0.15) is 31.2 Å². The highest BCUT2D eigenvalue weighted by Crippen LogP contribution is 2.38. The minimum Gasteiger partial charge on any atom is -0.320 e. The molecule has 0 radical (unpaired) electrons. The van der Waals surface area contributed by atoms with Crippen LogP contribution in [-0.2, 0) is 0 Å². The number of aryl methyl sites for hydroxylation is 1. The standard InChI is InChI=1S/C21H22N4O/c1-14-7-8-15(23-21(26)25-16-4-2-5-17(25)11-16)10-19(14)20-13-24-9-3-6-18(24)12-22-20/h3,6-10,12-13,16-17H,2,4-5,11H2,1H3,(H,23,26). The summed E-state index contributed by atoms with van der Waals surface area (Å²) in [5, 5.41) is 3.09. The number of amides is 2. The molecule has 2 unspecified atom stereocenters. The van der Waals surface area contributed by atoms with Crippen molar-refractivity contribution in [3.8, 4) is 11.3 Å². The molecule has 0 saturated carbocycles. The van der Waals surface area contributed by atoms with Gasteiger partial charge in [-0.15, -0.1) is 0 Å². The number of nitrogens with zero attached hydrogens (tertiary/aromatic N) is 3. The maximum Gasteiger partial charge on any atom is 0.322 e. The summed E-state index contributed by atoms with van der Waals surface area (Å²) in [5.41, 5.74) is 4.99. The molecule has 3 aromatic rings. The van der Waals surface area contributed by atoms with Crippen molar-refractivity contribution in [1.29, 1.82) is 0 Å². The molecule has 2 fully saturated rings. The van der Waals surface area contributed by atoms with E-state index in [1.165, 1.54) is 12.8 Å². The highest BCUT2D eigenvalue weighted by Gasteiger charge is 2.44. The lowest BCUT2D eigenvalue weighted by Crippen LogP contribution is -2.62. The molecule has 2 aromatic heterocycles. The molecular formula is C21H22N4O. The summed E-state index contributed by atoms with van der Waals surface area (Å²) < 4.78 is 2.06. The van der Waals surface area contributed by atoms with Crippen molar-refractivity contribution < 1.29 is 4.79 Å². The first-order valence-electron chi connectivity index (χ1n) is 9.32. The normalized spacial score (nSPS) is 21.5. The summed E-state index contributed by atoms with van der Waals surface area (Å²) in [6.07, 6.45) is 10.6. The molecule has 0 aliphatic carbocycles. The molecule has 26 heavy (non-hydrogen) atoms. The Morgan fingerprint density at radius 1 is 1.23 bits per heavy atom. The average molecular weight is 346 g/mol. The molecule has 2 aliphatic heterocycles. The van der Waals surface area contributed by atoms with E-state index in [2.05, 4.69) is 21.6 Å². The van der Waals surface area contributed by atoms with Crippen LogP contribution in [0.3, 0.4) is 0 Å². The van der Waals surface area contributed by atoms with Crippen LogP contribution in [0.5, 0.6) is 0 Å². The van der Waals surface area contributed by atoms with Gasteiger partial charge in [0, 0.05) is 35.7 Å². The minimum absolute atomic E-state index is 0.0366. The van der Waals surface area contributed by atoms with Gasteiger partial charge in [-0.25, -0.2) is 4.79 Å². The van der Waals surface area contributed by atoms with Gasteiger partial charge in [0.25, 0.3) is 0 Å². The smallest absolute Gasteiger partial charge is 0.320 e. The summed E-state index contributed by atoms with van der Waals surface area (Å²) >= 11 is 0. The van der Waals surface area contributed by atoms with E-state index < -0.39 is 0 Å². The zero-order chi connectivity index (χ0) is 17.7. The number of aromatic nitrogens is 2. The first-order chi connectivity index (χ1) is 12.7. The molecule has 5 heteroatoms. The maximum absolute atomic E-state index is 12.7. The number of carbonyl (C=O) groups excluding carboxylic acids is 1. The Morgan fingerprint density at radius 2 is 2.08 bits per heavy atom. The second-order valence-electron chi connectivity index (χ2n) is 7.45. The Morgan fingerprint density at radius 3 is 2.88 bits per heavy atom. The first kappa shape index (κ1) is 15.4. The first-order valence-corrected chi connectivity index (χ1v) is 9.32. The van der Waals surface area contributed by atoms with Crippen molar-refractivity contribution in [3.63, 3.8) is 0 Å². The molecule has 5 nitrogen and oxygen atoms in total. The molecule has 2 bridgehead atoms. The van der Waals surface area contributed by atoms with Crippen LogP contribution in [0.15, 0.2) is 48.9 Å². The Labute approximate surface area is 152 Å². The van der Waals surface area contributed by atoms with Crippen molar-refractivity contribution in [2.75, 3.05) is 5.32 Å². The molecule has 4 heterocycles. The number of fused-ring (bicyclic) bond motifs is 3. The van der Waals surface area contributed by atoms with Crippen LogP contribution in [0, 0.1) is 6.92 Å². The van der Waals surface area contributed by atoms with Gasteiger partial charge in [0.2, 0.25) is 0 Å². The van der Waals surface area contributed by atoms with Gasteiger partial charge < -0.3 is 14.6 Å². The van der Waals surface area contributed by atoms with Crippen molar-refractivity contribution in [3.05, 3.63) is 54.5 Å². The topological polar surface area (TPSA) is 49.6 Å². The number of anilines is 1. The van der Waals surface area contributed by atoms with Gasteiger partial charge in [0.1, 0.15) is 0 Å². The molecule has 2 aliphatic rings. The third kappa shape index (κ3) is 2.46. The molecule has 1 aromatic carbocycles. The number of piperidine rings is 1. The molecule has 132 valence electrons. The number of rotatable bonds is 2. The largest absolute Gasteiger partial charge is 0.322 e. The summed E-state index contributed by atoms with van der Waals surface area (Å²) in [7, 11) is 0. The van der Waals surface area contributed by atoms with Crippen LogP contribution in [-0.4, -0.2) is 32.4 Å². The van der Waals surface area contributed by atoms with Gasteiger partial charge in [-0.1, -0.05) is 6.07 Å². The van der Waals surface area contributed by atoms with Gasteiger partial charge in [0.15, 0.2) is 0 Å². The van der Waals surface area contributed by atoms with E-state index in [1.54, 1.807) is 0 Å². The van der Waals surface area contributed by atoms with E-state index >= 15 is 0 Å². The average Bonchev–Trinajstić information content (AvgIpc) is 3.11. The number of nitrogens with one attached hydrogen (secondary N) is 1. The molecule has 2 saturated heterocycles. The summed E-state index contributed by atoms with van der Waals surface area (Å²) in [4.78, 5) is 19.3. The van der Waals surface area contributed by atoms with E-state index in [1.807, 2.05) is 53.8 Å². The Bertz CT molecular complexity index is 979. The Balaban J connectivity index is 1.42. The van der Waals surface area contributed by atoms with E-state index in [0.29, 0.717) is 12.1 Å². The van der Waals surface area contributed by atoms with Crippen molar-refractivity contribution in [1.82, 2.24) is 14.3 Å². The van der Waals surface area contributed by atoms with Gasteiger partial charge in [-0.2, -0.15) is 0 Å². The van der Waals surface area contributed by atoms with Gasteiger partial charge in [-0.05, 0) is 62.4 Å². The van der Waals surface area contributed by atoms with E-state index in [4.69, 9.17) is 0 Å². The molecular weight excluding hydrogens is 324 g/mol. The lowest BCUT2D eigenvalue weighted by Gasteiger charge is -2.52. The predicted octanol–water partition coefficient (Wildman–Crippen LogP) is 4.47. The van der Waals surface area contributed by atoms with Crippen LogP contribution < -0.4 is 5.32 Å². The Hall–Kier alpha value is -2.82. The highest BCUT2D eigenvalue weighted by atomic mass is 16.2. The fraction of sp³-hybridized carbons (Fsp3) is 0.333. The maximum atomic E-state index is 12.7. The quantitative estimate of drug-likeness (QED) is 0.744. The molecule has 2 amide bonds. The fourth-order valence-electron chi connectivity index (χ4n) is 4.37. The second-order valence-corrected chi connectivity index (χ2v) is 7.45. The van der Waals surface area contributed by atoms with Crippen LogP contribution >= 0.6 is 0 Å². The number of hydrogen-bond donors (Lipinski definition) is 1. The summed E-state index contributed by atoms with van der Waals surface area (Å²) in [5.74, 6) is 0. The second kappa shape index (κ2) is 5.87.